The number of piperidine rings is 2. The van der Waals surface area contributed by atoms with Crippen molar-refractivity contribution in [3.63, 3.8) is 0 Å². The van der Waals surface area contributed by atoms with E-state index >= 15 is 0 Å². The number of hydrogen-bond acceptors (Lipinski definition) is 5. The molecule has 3 aliphatic rings. The van der Waals surface area contributed by atoms with Gasteiger partial charge in [0.25, 0.3) is 0 Å². The van der Waals surface area contributed by atoms with E-state index in [1.165, 1.54) is 18.4 Å². The quantitative estimate of drug-likeness (QED) is 0.894. The molecule has 3 fully saturated rings. The molecule has 6 nitrogen and oxygen atoms in total. The second kappa shape index (κ2) is 7.51. The molecule has 142 valence electrons. The molecule has 0 bridgehead atoms. The highest BCUT2D eigenvalue weighted by atomic mass is 16.2. The third kappa shape index (κ3) is 3.85. The summed E-state index contributed by atoms with van der Waals surface area (Å²) in [5.41, 5.74) is 2.26. The fraction of sp³-hybridized carbons (Fsp3) is 0.750. The third-order valence-electron chi connectivity index (χ3n) is 6.34. The van der Waals surface area contributed by atoms with Crippen LogP contribution >= 0.6 is 0 Å². The molecule has 26 heavy (non-hydrogen) atoms. The molecule has 1 atom stereocenters. The van der Waals surface area contributed by atoms with Crippen molar-refractivity contribution in [2.24, 2.45) is 5.92 Å². The lowest BCUT2D eigenvalue weighted by Crippen LogP contribution is -2.51. The first-order chi connectivity index (χ1) is 12.6. The molecule has 1 N–H and O–H groups in total. The molecule has 1 amide bonds. The summed E-state index contributed by atoms with van der Waals surface area (Å²) < 4.78 is 0. The van der Waals surface area contributed by atoms with E-state index < -0.39 is 0 Å². The van der Waals surface area contributed by atoms with Crippen LogP contribution in [-0.4, -0.2) is 59.0 Å². The summed E-state index contributed by atoms with van der Waals surface area (Å²) in [7, 11) is 0. The van der Waals surface area contributed by atoms with Crippen molar-refractivity contribution >= 4 is 11.7 Å². The number of anilines is 1. The van der Waals surface area contributed by atoms with Crippen molar-refractivity contribution in [3.8, 4) is 0 Å². The number of aryl methyl sites for hydroxylation is 1. The van der Waals surface area contributed by atoms with Crippen LogP contribution in [0.3, 0.4) is 0 Å². The number of nitrogens with one attached hydrogen (secondary N) is 1. The summed E-state index contributed by atoms with van der Waals surface area (Å²) >= 11 is 0. The average Bonchev–Trinajstić information content (AvgIpc) is 3.48. The maximum atomic E-state index is 12.4. The van der Waals surface area contributed by atoms with Crippen molar-refractivity contribution in [1.82, 2.24) is 20.2 Å². The van der Waals surface area contributed by atoms with Crippen LogP contribution in [0.2, 0.25) is 0 Å². The molecule has 2 saturated heterocycles. The van der Waals surface area contributed by atoms with E-state index in [9.17, 15) is 4.79 Å². The summed E-state index contributed by atoms with van der Waals surface area (Å²) in [5.74, 6) is 1.58. The SMILES string of the molecule is Cc1ncnc(N2CCC(N3CCC[C@H](C(=O)NC4CC4)C3)CC2)c1C. The molecule has 0 spiro atoms. The molecular weight excluding hydrogens is 326 g/mol. The van der Waals surface area contributed by atoms with Crippen LogP contribution in [0.4, 0.5) is 5.82 Å². The standard InChI is InChI=1S/C20H31N5O/c1-14-15(2)21-13-22-19(14)24-10-7-18(8-11-24)25-9-3-4-16(12-25)20(26)23-17-5-6-17/h13,16-18H,3-12H2,1-2H3,(H,23,26)/t16-/m0/s1. The zero-order valence-corrected chi connectivity index (χ0v) is 16.1. The van der Waals surface area contributed by atoms with Gasteiger partial charge in [0, 0.05) is 43.0 Å². The first-order valence-corrected chi connectivity index (χ1v) is 10.2. The number of nitrogens with zero attached hydrogens (tertiary/aromatic N) is 4. The smallest absolute Gasteiger partial charge is 0.224 e. The molecule has 1 saturated carbocycles. The van der Waals surface area contributed by atoms with E-state index in [4.69, 9.17) is 0 Å². The van der Waals surface area contributed by atoms with Crippen LogP contribution in [0.25, 0.3) is 0 Å². The average molecular weight is 358 g/mol. The Morgan fingerprint density at radius 3 is 2.58 bits per heavy atom. The van der Waals surface area contributed by atoms with E-state index in [-0.39, 0.29) is 5.92 Å². The van der Waals surface area contributed by atoms with Crippen LogP contribution in [0, 0.1) is 19.8 Å². The third-order valence-corrected chi connectivity index (χ3v) is 6.34. The zero-order chi connectivity index (χ0) is 18.1. The highest BCUT2D eigenvalue weighted by Gasteiger charge is 2.34. The van der Waals surface area contributed by atoms with Crippen LogP contribution in [0.5, 0.6) is 0 Å². The predicted octanol–water partition coefficient (Wildman–Crippen LogP) is 2.05. The molecule has 1 aromatic heterocycles. The lowest BCUT2D eigenvalue weighted by Gasteiger charge is -2.42. The minimum Gasteiger partial charge on any atom is -0.356 e. The number of likely N-dealkylation sites (tertiary alicyclic amines) is 1. The molecule has 6 heteroatoms. The van der Waals surface area contributed by atoms with Crippen molar-refractivity contribution in [1.29, 1.82) is 0 Å². The normalized spacial score (nSPS) is 25.3. The van der Waals surface area contributed by atoms with Gasteiger partial charge < -0.3 is 10.2 Å². The molecule has 1 aromatic rings. The first kappa shape index (κ1) is 17.7. The Bertz CT molecular complexity index is 652. The minimum atomic E-state index is 0.189. The van der Waals surface area contributed by atoms with E-state index in [1.807, 2.05) is 6.92 Å². The maximum absolute atomic E-state index is 12.4. The molecule has 4 rings (SSSR count). The first-order valence-electron chi connectivity index (χ1n) is 10.2. The predicted molar refractivity (Wildman–Crippen MR) is 102 cm³/mol. The van der Waals surface area contributed by atoms with Gasteiger partial charge in [0.05, 0.1) is 5.92 Å². The van der Waals surface area contributed by atoms with Crippen LogP contribution in [-0.2, 0) is 4.79 Å². The van der Waals surface area contributed by atoms with Gasteiger partial charge in [-0.1, -0.05) is 0 Å². The Labute approximate surface area is 156 Å². The number of aromatic nitrogens is 2. The molecule has 2 aliphatic heterocycles. The molecule has 1 aliphatic carbocycles. The van der Waals surface area contributed by atoms with Gasteiger partial charge in [-0.05, 0) is 58.9 Å². The largest absolute Gasteiger partial charge is 0.356 e. The molecule has 3 heterocycles. The Hall–Kier alpha value is -1.69. The second-order valence-electron chi connectivity index (χ2n) is 8.24. The van der Waals surface area contributed by atoms with Crippen molar-refractivity contribution in [2.75, 3.05) is 31.1 Å². The number of carbonyl (C=O) groups is 1. The van der Waals surface area contributed by atoms with E-state index in [1.54, 1.807) is 6.33 Å². The topological polar surface area (TPSA) is 61.4 Å². The van der Waals surface area contributed by atoms with Gasteiger partial charge in [-0.25, -0.2) is 9.97 Å². The number of rotatable bonds is 4. The molecular formula is C20H31N5O. The Balaban J connectivity index is 1.32. The summed E-state index contributed by atoms with van der Waals surface area (Å²) in [6.07, 6.45) is 8.52. The zero-order valence-electron chi connectivity index (χ0n) is 16.1. The van der Waals surface area contributed by atoms with Gasteiger partial charge in [-0.15, -0.1) is 0 Å². The second-order valence-corrected chi connectivity index (χ2v) is 8.24. The Kier molecular flexibility index (Phi) is 5.11. The van der Waals surface area contributed by atoms with Crippen LogP contribution in [0.1, 0.15) is 49.8 Å². The van der Waals surface area contributed by atoms with Gasteiger partial charge >= 0.3 is 0 Å². The molecule has 0 unspecified atom stereocenters. The minimum absolute atomic E-state index is 0.189. The van der Waals surface area contributed by atoms with E-state index in [0.717, 1.165) is 63.4 Å². The highest BCUT2D eigenvalue weighted by molar-refractivity contribution is 5.79. The Morgan fingerprint density at radius 1 is 1.08 bits per heavy atom. The molecule has 0 radical (unpaired) electrons. The number of carbonyl (C=O) groups excluding carboxylic acids is 1. The van der Waals surface area contributed by atoms with Crippen molar-refractivity contribution in [3.05, 3.63) is 17.6 Å². The van der Waals surface area contributed by atoms with E-state index in [2.05, 4.69) is 32.0 Å². The fourth-order valence-electron chi connectivity index (χ4n) is 4.39. The Morgan fingerprint density at radius 2 is 1.85 bits per heavy atom. The van der Waals surface area contributed by atoms with Gasteiger partial charge in [0.1, 0.15) is 12.1 Å². The summed E-state index contributed by atoms with van der Waals surface area (Å²) in [6.45, 7) is 8.32. The number of amides is 1. The van der Waals surface area contributed by atoms with Crippen LogP contribution in [0.15, 0.2) is 6.33 Å². The van der Waals surface area contributed by atoms with Crippen molar-refractivity contribution in [2.45, 2.75) is 64.5 Å². The number of hydrogen-bond donors (Lipinski definition) is 1. The fourth-order valence-corrected chi connectivity index (χ4v) is 4.39. The van der Waals surface area contributed by atoms with Gasteiger partial charge in [-0.3, -0.25) is 9.69 Å². The lowest BCUT2D eigenvalue weighted by molar-refractivity contribution is -0.127. The summed E-state index contributed by atoms with van der Waals surface area (Å²) in [6, 6.07) is 1.08. The van der Waals surface area contributed by atoms with Gasteiger partial charge in [-0.2, -0.15) is 0 Å². The monoisotopic (exact) mass is 357 g/mol. The summed E-state index contributed by atoms with van der Waals surface area (Å²) in [5, 5.41) is 3.20. The van der Waals surface area contributed by atoms with Crippen LogP contribution < -0.4 is 10.2 Å². The maximum Gasteiger partial charge on any atom is 0.224 e. The van der Waals surface area contributed by atoms with Crippen molar-refractivity contribution < 1.29 is 4.79 Å². The van der Waals surface area contributed by atoms with E-state index in [0.29, 0.717) is 18.0 Å². The highest BCUT2D eigenvalue weighted by Crippen LogP contribution is 2.28. The lowest BCUT2D eigenvalue weighted by atomic mass is 9.93. The summed E-state index contributed by atoms with van der Waals surface area (Å²) in [4.78, 5) is 26.2. The van der Waals surface area contributed by atoms with Gasteiger partial charge in [0.15, 0.2) is 0 Å². The molecule has 0 aromatic carbocycles. The van der Waals surface area contributed by atoms with Gasteiger partial charge in [0.2, 0.25) is 5.91 Å².